The predicted molar refractivity (Wildman–Crippen MR) is 168 cm³/mol. The highest BCUT2D eigenvalue weighted by Gasteiger charge is 2.35. The van der Waals surface area contributed by atoms with E-state index in [1.807, 2.05) is 38.1 Å². The average molecular weight is 610 g/mol. The summed E-state index contributed by atoms with van der Waals surface area (Å²) < 4.78 is 29.1. The molecule has 0 spiro atoms. The quantitative estimate of drug-likeness (QED) is 0.272. The lowest BCUT2D eigenvalue weighted by molar-refractivity contribution is -0.140. The summed E-state index contributed by atoms with van der Waals surface area (Å²) in [6.45, 7) is 5.32. The van der Waals surface area contributed by atoms with Crippen LogP contribution in [0.4, 0.5) is 5.69 Å². The average Bonchev–Trinajstić information content (AvgIpc) is 2.99. The molecule has 1 N–H and O–H groups in total. The Morgan fingerprint density at radius 3 is 2.26 bits per heavy atom. The number of carbonyl (C=O) groups excluding carboxylic acids is 2. The molecular weight excluding hydrogens is 570 g/mol. The van der Waals surface area contributed by atoms with Gasteiger partial charge in [0.25, 0.3) is 10.0 Å². The number of nitrogens with one attached hydrogen (secondary N) is 1. The van der Waals surface area contributed by atoms with Crippen LogP contribution < -0.4 is 9.62 Å². The van der Waals surface area contributed by atoms with Gasteiger partial charge < -0.3 is 10.2 Å². The SMILES string of the molecule is CC[C@@H](C(=O)NC1CCCCC1)N(Cc1ccc(C)cc1)C(=O)CN(c1cc(Cl)ccc1C)S(=O)(=O)c1ccccc1. The number of nitrogens with zero attached hydrogens (tertiary/aromatic N) is 2. The van der Waals surface area contributed by atoms with Crippen molar-refractivity contribution < 1.29 is 18.0 Å². The van der Waals surface area contributed by atoms with Gasteiger partial charge in [0.2, 0.25) is 11.8 Å². The first-order valence-corrected chi connectivity index (χ1v) is 16.4. The van der Waals surface area contributed by atoms with Gasteiger partial charge in [-0.25, -0.2) is 8.42 Å². The van der Waals surface area contributed by atoms with Crippen LogP contribution in [0.3, 0.4) is 0 Å². The number of aryl methyl sites for hydroxylation is 2. The van der Waals surface area contributed by atoms with Gasteiger partial charge in [-0.05, 0) is 68.5 Å². The molecule has 42 heavy (non-hydrogen) atoms. The third-order valence-corrected chi connectivity index (χ3v) is 9.87. The van der Waals surface area contributed by atoms with E-state index in [1.54, 1.807) is 43.3 Å². The molecule has 3 aromatic rings. The number of halogens is 1. The van der Waals surface area contributed by atoms with Crippen molar-refractivity contribution in [1.29, 1.82) is 0 Å². The van der Waals surface area contributed by atoms with Crippen molar-refractivity contribution in [2.75, 3.05) is 10.8 Å². The van der Waals surface area contributed by atoms with Gasteiger partial charge in [0.05, 0.1) is 10.6 Å². The monoisotopic (exact) mass is 609 g/mol. The number of hydrogen-bond donors (Lipinski definition) is 1. The molecule has 0 aliphatic heterocycles. The molecule has 7 nitrogen and oxygen atoms in total. The van der Waals surface area contributed by atoms with Crippen LogP contribution >= 0.6 is 11.6 Å². The minimum Gasteiger partial charge on any atom is -0.352 e. The second-order valence-corrected chi connectivity index (χ2v) is 13.3. The maximum absolute atomic E-state index is 14.3. The Kier molecular flexibility index (Phi) is 10.7. The first-order chi connectivity index (χ1) is 20.1. The zero-order chi connectivity index (χ0) is 30.3. The Hall–Kier alpha value is -3.36. The Balaban J connectivity index is 1.72. The molecule has 0 heterocycles. The van der Waals surface area contributed by atoms with E-state index in [4.69, 9.17) is 11.6 Å². The summed E-state index contributed by atoms with van der Waals surface area (Å²) in [4.78, 5) is 29.5. The summed E-state index contributed by atoms with van der Waals surface area (Å²) in [6, 6.07) is 20.1. The number of sulfonamides is 1. The van der Waals surface area contributed by atoms with E-state index in [-0.39, 0.29) is 23.4 Å². The lowest BCUT2D eigenvalue weighted by Crippen LogP contribution is -2.54. The van der Waals surface area contributed by atoms with Gasteiger partial charge in [0.1, 0.15) is 12.6 Å². The molecule has 2 amide bonds. The first-order valence-electron chi connectivity index (χ1n) is 14.6. The topological polar surface area (TPSA) is 86.8 Å². The van der Waals surface area contributed by atoms with Crippen molar-refractivity contribution in [2.45, 2.75) is 82.8 Å². The summed E-state index contributed by atoms with van der Waals surface area (Å²) >= 11 is 6.31. The normalized spacial score (nSPS) is 14.7. The van der Waals surface area contributed by atoms with Crippen molar-refractivity contribution in [3.8, 4) is 0 Å². The molecule has 0 bridgehead atoms. The van der Waals surface area contributed by atoms with Crippen LogP contribution in [0, 0.1) is 13.8 Å². The van der Waals surface area contributed by atoms with E-state index < -0.39 is 28.5 Å². The molecule has 3 aromatic carbocycles. The van der Waals surface area contributed by atoms with E-state index >= 15 is 0 Å². The Bertz CT molecular complexity index is 1470. The molecular formula is C33H40ClN3O4S. The Labute approximate surface area is 254 Å². The molecule has 0 radical (unpaired) electrons. The Morgan fingerprint density at radius 2 is 1.62 bits per heavy atom. The molecule has 1 aliphatic carbocycles. The highest BCUT2D eigenvalue weighted by Crippen LogP contribution is 2.30. The summed E-state index contributed by atoms with van der Waals surface area (Å²) in [7, 11) is -4.15. The fraction of sp³-hybridized carbons (Fsp3) is 0.394. The van der Waals surface area contributed by atoms with Crippen LogP contribution in [0.2, 0.25) is 5.02 Å². The Morgan fingerprint density at radius 1 is 0.952 bits per heavy atom. The number of anilines is 1. The van der Waals surface area contributed by atoms with E-state index in [0.29, 0.717) is 22.7 Å². The fourth-order valence-electron chi connectivity index (χ4n) is 5.44. The minimum atomic E-state index is -4.15. The zero-order valence-corrected chi connectivity index (χ0v) is 26.1. The van der Waals surface area contributed by atoms with E-state index in [0.717, 1.165) is 47.5 Å². The van der Waals surface area contributed by atoms with Gasteiger partial charge in [-0.3, -0.25) is 13.9 Å². The van der Waals surface area contributed by atoms with Crippen LogP contribution in [0.15, 0.2) is 77.7 Å². The predicted octanol–water partition coefficient (Wildman–Crippen LogP) is 6.41. The second kappa shape index (κ2) is 14.2. The van der Waals surface area contributed by atoms with Gasteiger partial charge >= 0.3 is 0 Å². The van der Waals surface area contributed by atoms with Crippen LogP contribution in [0.25, 0.3) is 0 Å². The molecule has 1 saturated carbocycles. The number of carbonyl (C=O) groups is 2. The molecule has 1 aliphatic rings. The summed E-state index contributed by atoms with van der Waals surface area (Å²) in [5.41, 5.74) is 2.90. The van der Waals surface area contributed by atoms with Crippen molar-refractivity contribution in [3.05, 3.63) is 94.5 Å². The molecule has 1 fully saturated rings. The molecule has 0 saturated heterocycles. The van der Waals surface area contributed by atoms with Crippen LogP contribution in [-0.2, 0) is 26.2 Å². The molecule has 224 valence electrons. The molecule has 0 aromatic heterocycles. The highest BCUT2D eigenvalue weighted by atomic mass is 35.5. The smallest absolute Gasteiger partial charge is 0.264 e. The number of hydrogen-bond acceptors (Lipinski definition) is 4. The standard InChI is InChI=1S/C33H40ClN3O4S/c1-4-30(33(39)35-28-11-7-5-8-12-28)36(22-26-18-15-24(2)16-19-26)32(38)23-37(31-21-27(34)20-17-25(31)3)42(40,41)29-13-9-6-10-14-29/h6,9-10,13-21,28,30H,4-5,7-8,11-12,22-23H2,1-3H3,(H,35,39)/t30-/m0/s1. The third kappa shape index (κ3) is 7.72. The summed E-state index contributed by atoms with van der Waals surface area (Å²) in [6.07, 6.45) is 5.53. The van der Waals surface area contributed by atoms with Crippen LogP contribution in [-0.4, -0.2) is 43.8 Å². The minimum absolute atomic E-state index is 0.0596. The van der Waals surface area contributed by atoms with E-state index in [2.05, 4.69) is 5.32 Å². The first kappa shape index (κ1) is 31.6. The number of amides is 2. The van der Waals surface area contributed by atoms with Gasteiger partial charge in [-0.1, -0.05) is 91.9 Å². The van der Waals surface area contributed by atoms with Gasteiger partial charge in [0, 0.05) is 17.6 Å². The lowest BCUT2D eigenvalue weighted by atomic mass is 9.95. The van der Waals surface area contributed by atoms with E-state index in [1.165, 1.54) is 17.0 Å². The maximum Gasteiger partial charge on any atom is 0.264 e. The third-order valence-electron chi connectivity index (χ3n) is 7.86. The number of benzene rings is 3. The molecule has 9 heteroatoms. The molecule has 0 unspecified atom stereocenters. The zero-order valence-electron chi connectivity index (χ0n) is 24.6. The van der Waals surface area contributed by atoms with Crippen molar-refractivity contribution in [1.82, 2.24) is 10.2 Å². The fourth-order valence-corrected chi connectivity index (χ4v) is 7.10. The van der Waals surface area contributed by atoms with Gasteiger partial charge in [0.15, 0.2) is 0 Å². The molecule has 4 rings (SSSR count). The van der Waals surface area contributed by atoms with Gasteiger partial charge in [-0.15, -0.1) is 0 Å². The van der Waals surface area contributed by atoms with Crippen LogP contribution in [0.1, 0.15) is 62.1 Å². The van der Waals surface area contributed by atoms with Crippen molar-refractivity contribution in [2.24, 2.45) is 0 Å². The largest absolute Gasteiger partial charge is 0.352 e. The van der Waals surface area contributed by atoms with E-state index in [9.17, 15) is 18.0 Å². The van der Waals surface area contributed by atoms with Crippen LogP contribution in [0.5, 0.6) is 0 Å². The second-order valence-electron chi connectivity index (χ2n) is 11.0. The summed E-state index contributed by atoms with van der Waals surface area (Å²) in [5.74, 6) is -0.679. The van der Waals surface area contributed by atoms with Crippen molar-refractivity contribution in [3.63, 3.8) is 0 Å². The number of rotatable bonds is 11. The maximum atomic E-state index is 14.3. The molecule has 1 atom stereocenters. The van der Waals surface area contributed by atoms with Crippen molar-refractivity contribution >= 4 is 39.1 Å². The summed E-state index contributed by atoms with van der Waals surface area (Å²) in [5, 5.41) is 3.53. The lowest BCUT2D eigenvalue weighted by Gasteiger charge is -2.34. The van der Waals surface area contributed by atoms with Gasteiger partial charge in [-0.2, -0.15) is 0 Å². The highest BCUT2D eigenvalue weighted by molar-refractivity contribution is 7.92.